The predicted octanol–water partition coefficient (Wildman–Crippen LogP) is 7.26. The fraction of sp³-hybridized carbons (Fsp3) is 0.351. The van der Waals surface area contributed by atoms with Crippen LogP contribution in [0.5, 0.6) is 40.2 Å². The first-order chi connectivity index (χ1) is 21.6. The minimum Gasteiger partial charge on any atom is -0.493 e. The fourth-order valence-electron chi connectivity index (χ4n) is 7.38. The maximum atomic E-state index is 7.02. The summed E-state index contributed by atoms with van der Waals surface area (Å²) < 4.78 is 31.3. The zero-order valence-corrected chi connectivity index (χ0v) is 25.6. The van der Waals surface area contributed by atoms with E-state index in [1.807, 2.05) is 0 Å². The molecule has 44 heavy (non-hydrogen) atoms. The molecule has 10 rings (SSSR count). The van der Waals surface area contributed by atoms with E-state index in [4.69, 9.17) is 23.7 Å². The van der Waals surface area contributed by atoms with Crippen molar-refractivity contribution < 1.29 is 23.7 Å². The van der Waals surface area contributed by atoms with Gasteiger partial charge in [-0.2, -0.15) is 0 Å². The molecular weight excluding hydrogens is 552 g/mol. The molecule has 7 nitrogen and oxygen atoms in total. The Balaban J connectivity index is 1.33. The van der Waals surface area contributed by atoms with Gasteiger partial charge in [0.15, 0.2) is 23.0 Å². The van der Waals surface area contributed by atoms with Gasteiger partial charge in [0.2, 0.25) is 12.5 Å². The Morgan fingerprint density at radius 1 is 0.750 bits per heavy atom. The van der Waals surface area contributed by atoms with Crippen LogP contribution in [0.25, 0.3) is 0 Å². The minimum absolute atomic E-state index is 0.0938. The Bertz CT molecular complexity index is 1700. The van der Waals surface area contributed by atoms with Gasteiger partial charge >= 0.3 is 0 Å². The van der Waals surface area contributed by atoms with Gasteiger partial charge in [-0.3, -0.25) is 9.80 Å². The summed E-state index contributed by atoms with van der Waals surface area (Å²) in [6, 6.07) is 23.9. The van der Waals surface area contributed by atoms with Crippen molar-refractivity contribution in [1.29, 1.82) is 0 Å². The van der Waals surface area contributed by atoms with Gasteiger partial charge in [0.25, 0.3) is 0 Å². The molecule has 0 aromatic heterocycles. The Labute approximate surface area is 258 Å². The van der Waals surface area contributed by atoms with Crippen LogP contribution in [0, 0.1) is 0 Å². The maximum absolute atomic E-state index is 7.02. The smallest absolute Gasteiger partial charge is 0.231 e. The molecule has 0 amide bonds. The fourth-order valence-corrected chi connectivity index (χ4v) is 7.38. The molecule has 0 spiro atoms. The minimum atomic E-state index is 0.0938. The van der Waals surface area contributed by atoms with Crippen molar-refractivity contribution in [2.75, 3.05) is 40.6 Å². The van der Waals surface area contributed by atoms with Gasteiger partial charge in [-0.15, -0.1) is 0 Å². The zero-order valence-electron chi connectivity index (χ0n) is 25.6. The van der Waals surface area contributed by atoms with E-state index >= 15 is 0 Å². The summed E-state index contributed by atoms with van der Waals surface area (Å²) >= 11 is 0. The molecule has 0 N–H and O–H groups in total. The van der Waals surface area contributed by atoms with Crippen LogP contribution in [0.4, 0.5) is 0 Å². The summed E-state index contributed by atoms with van der Waals surface area (Å²) in [6.07, 6.45) is 3.60. The molecule has 0 saturated carbocycles. The van der Waals surface area contributed by atoms with Crippen LogP contribution in [-0.2, 0) is 25.7 Å². The first kappa shape index (κ1) is 27.4. The summed E-state index contributed by atoms with van der Waals surface area (Å²) in [6.45, 7) is 5.36. The largest absolute Gasteiger partial charge is 0.493 e. The van der Waals surface area contributed by atoms with Crippen LogP contribution in [-0.4, -0.2) is 50.4 Å². The number of fused-ring (bicyclic) bond motifs is 3. The van der Waals surface area contributed by atoms with Crippen LogP contribution in [0.2, 0.25) is 0 Å². The Morgan fingerprint density at radius 2 is 1.45 bits per heavy atom. The van der Waals surface area contributed by atoms with Gasteiger partial charge < -0.3 is 23.7 Å². The number of hydrogen-bond acceptors (Lipinski definition) is 7. The Kier molecular flexibility index (Phi) is 6.88. The van der Waals surface area contributed by atoms with E-state index in [0.29, 0.717) is 11.5 Å². The van der Waals surface area contributed by atoms with Gasteiger partial charge in [-0.1, -0.05) is 31.2 Å². The summed E-state index contributed by atoms with van der Waals surface area (Å²) in [4.78, 5) is 4.99. The monoisotopic (exact) mass is 590 g/mol. The van der Waals surface area contributed by atoms with Gasteiger partial charge in [0.1, 0.15) is 11.5 Å². The van der Waals surface area contributed by atoms with Crippen LogP contribution in [0.1, 0.15) is 52.4 Å². The highest BCUT2D eigenvalue weighted by Gasteiger charge is 2.36. The van der Waals surface area contributed by atoms with Gasteiger partial charge in [-0.05, 0) is 110 Å². The van der Waals surface area contributed by atoms with Crippen molar-refractivity contribution in [3.63, 3.8) is 0 Å². The van der Waals surface area contributed by atoms with E-state index in [1.165, 1.54) is 27.8 Å². The molecule has 4 aromatic rings. The topological polar surface area (TPSA) is 52.6 Å². The van der Waals surface area contributed by atoms with E-state index < -0.39 is 0 Å². The molecule has 6 aliphatic heterocycles. The van der Waals surface area contributed by atoms with Crippen molar-refractivity contribution >= 4 is 0 Å². The van der Waals surface area contributed by atoms with E-state index in [0.717, 1.165) is 79.6 Å². The lowest BCUT2D eigenvalue weighted by Gasteiger charge is -2.38. The lowest BCUT2D eigenvalue weighted by atomic mass is 9.87. The second kappa shape index (κ2) is 11.1. The summed E-state index contributed by atoms with van der Waals surface area (Å²) in [5.41, 5.74) is 7.50. The number of ether oxygens (including phenoxy) is 5. The van der Waals surface area contributed by atoms with Crippen LogP contribution >= 0.6 is 0 Å². The predicted molar refractivity (Wildman–Crippen MR) is 169 cm³/mol. The molecule has 6 heterocycles. The normalized spacial score (nSPS) is 20.6. The molecule has 7 heteroatoms. The van der Waals surface area contributed by atoms with Crippen LogP contribution in [0.3, 0.4) is 0 Å². The standard InChI is InChI=1S/C37H38N2O5/c1-4-39-16-14-25-19-32(40-3)33-21-29(25)30(39)17-23-5-9-27(10-6-23)43-28-11-7-24(8-12-28)18-31-35-26(13-15-38(31)2)20-34-36(37(35)44-33)42-22-41-34/h5-12,19-21,30-31H,4,13-18,22H2,1-3H3/t30?,31-/m0/s1. The van der Waals surface area contributed by atoms with Crippen molar-refractivity contribution in [1.82, 2.24) is 9.80 Å². The summed E-state index contributed by atoms with van der Waals surface area (Å²) in [5, 5.41) is 0. The SMILES string of the molecule is CCN1CCc2cc(OC)c3cc2C1Cc1ccc(cc1)Oc1ccc(cc1)C[C@H]1c2c(cc4c(c2O3)OCO4)CCN1C. The highest BCUT2D eigenvalue weighted by Crippen LogP contribution is 2.53. The molecule has 0 fully saturated rings. The highest BCUT2D eigenvalue weighted by molar-refractivity contribution is 5.64. The number of hydrogen-bond donors (Lipinski definition) is 0. The number of methoxy groups -OCH3 is 1. The molecule has 0 saturated heterocycles. The average molecular weight is 591 g/mol. The van der Waals surface area contributed by atoms with Crippen LogP contribution < -0.4 is 23.7 Å². The third-order valence-corrected chi connectivity index (χ3v) is 9.80. The molecule has 0 radical (unpaired) electrons. The molecule has 6 bridgehead atoms. The second-order valence-electron chi connectivity index (χ2n) is 12.3. The maximum Gasteiger partial charge on any atom is 0.231 e. The van der Waals surface area contributed by atoms with Gasteiger partial charge in [0.05, 0.1) is 7.11 Å². The molecular formula is C37H38N2O5. The Morgan fingerprint density at radius 3 is 2.16 bits per heavy atom. The van der Waals surface area contributed by atoms with E-state index in [1.54, 1.807) is 7.11 Å². The first-order valence-electron chi connectivity index (χ1n) is 15.7. The van der Waals surface area contributed by atoms with Crippen LogP contribution in [0.15, 0.2) is 66.7 Å². The number of likely N-dealkylation sites (N-methyl/N-ethyl adjacent to an activating group) is 2. The first-order valence-corrected chi connectivity index (χ1v) is 15.7. The summed E-state index contributed by atoms with van der Waals surface area (Å²) in [5.74, 6) is 5.28. The van der Waals surface area contributed by atoms with E-state index in [9.17, 15) is 0 Å². The van der Waals surface area contributed by atoms with Crippen molar-refractivity contribution in [2.45, 2.75) is 44.7 Å². The van der Waals surface area contributed by atoms with E-state index in [-0.39, 0.29) is 18.9 Å². The van der Waals surface area contributed by atoms with E-state index in [2.05, 4.69) is 90.5 Å². The van der Waals surface area contributed by atoms with Gasteiger partial charge in [-0.25, -0.2) is 0 Å². The third kappa shape index (κ3) is 4.75. The Hall–Kier alpha value is -4.20. The molecule has 0 aliphatic carbocycles. The average Bonchev–Trinajstić information content (AvgIpc) is 3.52. The number of rotatable bonds is 2. The number of benzene rings is 4. The zero-order chi connectivity index (χ0) is 29.8. The second-order valence-corrected chi connectivity index (χ2v) is 12.3. The lowest BCUT2D eigenvalue weighted by molar-refractivity contribution is 0.171. The molecule has 226 valence electrons. The van der Waals surface area contributed by atoms with Crippen molar-refractivity contribution in [2.24, 2.45) is 0 Å². The molecule has 6 aliphatic rings. The summed E-state index contributed by atoms with van der Waals surface area (Å²) in [7, 11) is 3.92. The quantitative estimate of drug-likeness (QED) is 0.244. The lowest BCUT2D eigenvalue weighted by Crippen LogP contribution is -2.36. The number of nitrogens with zero attached hydrogens (tertiary/aromatic N) is 2. The highest BCUT2D eigenvalue weighted by atomic mass is 16.7. The molecule has 2 atom stereocenters. The molecule has 4 aromatic carbocycles. The van der Waals surface area contributed by atoms with Crippen molar-refractivity contribution in [3.8, 4) is 40.2 Å². The van der Waals surface area contributed by atoms with Crippen molar-refractivity contribution in [3.05, 3.63) is 100 Å². The van der Waals surface area contributed by atoms with Gasteiger partial charge in [0, 0.05) is 30.7 Å². The molecule has 1 unspecified atom stereocenters. The third-order valence-electron chi connectivity index (χ3n) is 9.80.